The van der Waals surface area contributed by atoms with Gasteiger partial charge >= 0.3 is 6.85 Å². The third kappa shape index (κ3) is 5.34. The lowest BCUT2D eigenvalue weighted by Gasteiger charge is -2.42. The fourth-order valence-electron chi connectivity index (χ4n) is 14.2. The molecule has 2 aliphatic carbocycles. The van der Waals surface area contributed by atoms with Crippen LogP contribution in [0.3, 0.4) is 0 Å². The molecule has 0 amide bonds. The summed E-state index contributed by atoms with van der Waals surface area (Å²) >= 11 is 0. The van der Waals surface area contributed by atoms with Crippen molar-refractivity contribution in [2.24, 2.45) is 0 Å². The SMILES string of the molecule is CC(C)(C)c1ccc(N2B3c4cc5c(cc4-n4c6ccc(C(C)(C)C)cc6c6c7oc8ccccc8c7c(c3c64)-c3cc4oc6cc7c(cc6c4cc32)C(C)(C)CCC7(C)C)C(C)(C)c2ccccc2-5)cc1. The molecule has 5 heteroatoms. The van der Waals surface area contributed by atoms with Gasteiger partial charge in [0.1, 0.15) is 22.3 Å². The van der Waals surface area contributed by atoms with E-state index in [0.717, 1.165) is 45.9 Å². The maximum atomic E-state index is 7.33. The Morgan fingerprint density at radius 1 is 0.500 bits per heavy atom. The van der Waals surface area contributed by atoms with E-state index in [0.29, 0.717) is 0 Å². The Morgan fingerprint density at radius 2 is 1.17 bits per heavy atom. The molecule has 0 saturated heterocycles. The molecule has 354 valence electrons. The molecule has 0 bridgehead atoms. The minimum atomic E-state index is -0.188. The monoisotopic (exact) mass is 936 g/mol. The van der Waals surface area contributed by atoms with Crippen LogP contribution >= 0.6 is 0 Å². The van der Waals surface area contributed by atoms with Crippen LogP contribution in [0.25, 0.3) is 93.6 Å². The maximum absolute atomic E-state index is 7.33. The van der Waals surface area contributed by atoms with Crippen molar-refractivity contribution in [2.45, 2.75) is 123 Å². The van der Waals surface area contributed by atoms with Gasteiger partial charge in [-0.05, 0) is 156 Å². The van der Waals surface area contributed by atoms with E-state index in [2.05, 4.69) is 220 Å². The highest BCUT2D eigenvalue weighted by Gasteiger charge is 2.48. The van der Waals surface area contributed by atoms with Crippen LogP contribution in [0.1, 0.15) is 129 Å². The lowest BCUT2D eigenvalue weighted by molar-refractivity contribution is 0.332. The summed E-state index contributed by atoms with van der Waals surface area (Å²) in [6, 6.07) is 49.5. The smallest absolute Gasteiger partial charge is 0.333 e. The minimum absolute atomic E-state index is 0.000566. The molecule has 0 unspecified atom stereocenters. The Kier molecular flexibility index (Phi) is 7.91. The fraction of sp³-hybridized carbons (Fsp3) is 0.284. The first kappa shape index (κ1) is 42.7. The van der Waals surface area contributed by atoms with Crippen molar-refractivity contribution >= 4 is 94.8 Å². The molecule has 0 saturated carbocycles. The van der Waals surface area contributed by atoms with Crippen LogP contribution < -0.4 is 15.7 Å². The van der Waals surface area contributed by atoms with Crippen LogP contribution in [0.15, 0.2) is 136 Å². The van der Waals surface area contributed by atoms with Crippen molar-refractivity contribution in [1.82, 2.24) is 4.57 Å². The van der Waals surface area contributed by atoms with Crippen molar-refractivity contribution < 1.29 is 8.83 Å². The molecule has 8 aromatic carbocycles. The Labute approximate surface area is 422 Å². The van der Waals surface area contributed by atoms with Crippen LogP contribution in [0.2, 0.25) is 0 Å². The van der Waals surface area contributed by atoms with Crippen LogP contribution in [0.5, 0.6) is 0 Å². The quantitative estimate of drug-likeness (QED) is 0.154. The lowest BCUT2D eigenvalue weighted by atomic mass is 9.43. The zero-order valence-electron chi connectivity index (χ0n) is 43.8. The molecule has 0 fully saturated rings. The lowest BCUT2D eigenvalue weighted by Crippen LogP contribution is -2.60. The predicted octanol–water partition coefficient (Wildman–Crippen LogP) is 17.1. The van der Waals surface area contributed by atoms with Gasteiger partial charge in [0, 0.05) is 55.0 Å². The molecule has 0 atom stereocenters. The van der Waals surface area contributed by atoms with E-state index in [9.17, 15) is 0 Å². The van der Waals surface area contributed by atoms with Gasteiger partial charge in [0.2, 0.25) is 0 Å². The van der Waals surface area contributed by atoms with Crippen molar-refractivity contribution in [1.29, 1.82) is 0 Å². The highest BCUT2D eigenvalue weighted by molar-refractivity contribution is 6.94. The van der Waals surface area contributed by atoms with E-state index >= 15 is 0 Å². The van der Waals surface area contributed by atoms with E-state index in [-0.39, 0.29) is 33.9 Å². The van der Waals surface area contributed by atoms with Crippen molar-refractivity contribution in [3.8, 4) is 27.9 Å². The van der Waals surface area contributed by atoms with Gasteiger partial charge in [-0.2, -0.15) is 0 Å². The number of hydrogen-bond acceptors (Lipinski definition) is 3. The number of hydrogen-bond donors (Lipinski definition) is 0. The third-order valence-corrected chi connectivity index (χ3v) is 18.3. The molecule has 2 aliphatic heterocycles. The van der Waals surface area contributed by atoms with Crippen LogP contribution in [-0.4, -0.2) is 11.4 Å². The van der Waals surface area contributed by atoms with Crippen molar-refractivity contribution in [2.75, 3.05) is 4.81 Å². The number of fused-ring (bicyclic) bond motifs is 20. The molecular formula is C67H61BN2O2. The molecule has 4 nitrogen and oxygen atoms in total. The summed E-state index contributed by atoms with van der Waals surface area (Å²) in [5.41, 5.74) is 25.6. The van der Waals surface area contributed by atoms with E-state index < -0.39 is 0 Å². The summed E-state index contributed by atoms with van der Waals surface area (Å²) in [6.45, 7) is 28.2. The average Bonchev–Trinajstić information content (AvgIpc) is 4.07. The molecule has 11 aromatic rings. The number of furan rings is 2. The van der Waals surface area contributed by atoms with Gasteiger partial charge in [0.15, 0.2) is 0 Å². The molecule has 15 rings (SSSR count). The number of aromatic nitrogens is 1. The largest absolute Gasteiger partial charge is 0.456 e. The van der Waals surface area contributed by atoms with Crippen molar-refractivity contribution in [3.05, 3.63) is 161 Å². The Bertz CT molecular complexity index is 4270. The number of anilines is 2. The number of benzene rings is 8. The summed E-state index contributed by atoms with van der Waals surface area (Å²) < 4.78 is 17.2. The normalized spacial score (nSPS) is 17.1. The second-order valence-corrected chi connectivity index (χ2v) is 26.0. The topological polar surface area (TPSA) is 34.5 Å². The van der Waals surface area contributed by atoms with E-state index in [1.165, 1.54) is 116 Å². The summed E-state index contributed by atoms with van der Waals surface area (Å²) in [5.74, 6) is 0. The zero-order chi connectivity index (χ0) is 49.5. The molecule has 5 heterocycles. The summed E-state index contributed by atoms with van der Waals surface area (Å²) in [4.78, 5) is 2.71. The van der Waals surface area contributed by atoms with Crippen LogP contribution in [-0.2, 0) is 27.1 Å². The Hall–Kier alpha value is -6.98. The molecule has 72 heavy (non-hydrogen) atoms. The Morgan fingerprint density at radius 3 is 1.92 bits per heavy atom. The van der Waals surface area contributed by atoms with E-state index in [1.54, 1.807) is 0 Å². The Balaban J connectivity index is 1.16. The molecular weight excluding hydrogens is 876 g/mol. The van der Waals surface area contributed by atoms with Gasteiger partial charge in [-0.3, -0.25) is 0 Å². The van der Waals surface area contributed by atoms with Gasteiger partial charge in [0.25, 0.3) is 0 Å². The molecule has 4 aliphatic rings. The highest BCUT2D eigenvalue weighted by atomic mass is 16.3. The van der Waals surface area contributed by atoms with Gasteiger partial charge in [-0.25, -0.2) is 0 Å². The average molecular weight is 937 g/mol. The van der Waals surface area contributed by atoms with Crippen molar-refractivity contribution in [3.63, 3.8) is 0 Å². The fourth-order valence-corrected chi connectivity index (χ4v) is 14.2. The summed E-state index contributed by atoms with van der Waals surface area (Å²) in [7, 11) is 0. The second-order valence-electron chi connectivity index (χ2n) is 26.0. The van der Waals surface area contributed by atoms with E-state index in [4.69, 9.17) is 8.83 Å². The highest BCUT2D eigenvalue weighted by Crippen LogP contribution is 2.56. The van der Waals surface area contributed by atoms with Crippen LogP contribution in [0, 0.1) is 0 Å². The van der Waals surface area contributed by atoms with Gasteiger partial charge in [-0.15, -0.1) is 0 Å². The number of para-hydroxylation sites is 1. The molecule has 0 spiro atoms. The first-order valence-corrected chi connectivity index (χ1v) is 26.4. The molecule has 3 aromatic heterocycles. The second kappa shape index (κ2) is 13.3. The van der Waals surface area contributed by atoms with Gasteiger partial charge in [0.05, 0.1) is 16.4 Å². The summed E-state index contributed by atoms with van der Waals surface area (Å²) in [6.07, 6.45) is 2.31. The number of rotatable bonds is 1. The standard InChI is InChI=1S/C67H61BN2O2/c1-63(2,3)36-21-24-38(25-22-36)70-52-32-43-42-30-48-49(66(9,10)28-27-65(48,7)8)35-56(42)71-55(43)33-45(52)57-58-40-18-14-16-20-54(40)72-62(58)59-44-29-37(64(4,5)6)23-26-51(44)69-53-34-47-41(31-50(53)68(70)60(57)61(59)69)39-17-13-15-19-46(39)67(47,11)12/h13-26,29-35H,27-28H2,1-12H3. The summed E-state index contributed by atoms with van der Waals surface area (Å²) in [5, 5.41) is 7.08. The number of nitrogens with zero attached hydrogens (tertiary/aromatic N) is 2. The van der Waals surface area contributed by atoms with Crippen LogP contribution in [0.4, 0.5) is 11.4 Å². The molecule has 0 radical (unpaired) electrons. The molecule has 0 N–H and O–H groups in total. The first-order chi connectivity index (χ1) is 34.2. The first-order valence-electron chi connectivity index (χ1n) is 26.4. The van der Waals surface area contributed by atoms with Gasteiger partial charge < -0.3 is 18.2 Å². The predicted molar refractivity (Wildman–Crippen MR) is 305 cm³/mol. The maximum Gasteiger partial charge on any atom is 0.333 e. The minimum Gasteiger partial charge on any atom is -0.456 e. The zero-order valence-corrected chi connectivity index (χ0v) is 43.8. The van der Waals surface area contributed by atoms with Gasteiger partial charge in [-0.1, -0.05) is 150 Å². The third-order valence-electron chi connectivity index (χ3n) is 18.3. The van der Waals surface area contributed by atoms with E-state index in [1.807, 2.05) is 0 Å².